The van der Waals surface area contributed by atoms with Crippen molar-refractivity contribution in [2.45, 2.75) is 40.2 Å². The highest BCUT2D eigenvalue weighted by molar-refractivity contribution is 6.36. The van der Waals surface area contributed by atoms with Crippen molar-refractivity contribution in [1.82, 2.24) is 15.1 Å². The maximum absolute atomic E-state index is 12.6. The van der Waals surface area contributed by atoms with E-state index in [1.54, 1.807) is 60.1 Å². The Hall–Kier alpha value is -2.83. The normalized spacial score (nSPS) is 12.0. The van der Waals surface area contributed by atoms with E-state index < -0.39 is 5.97 Å². The summed E-state index contributed by atoms with van der Waals surface area (Å²) in [5.74, 6) is -0.171. The lowest BCUT2D eigenvalue weighted by Crippen LogP contribution is -2.33. The van der Waals surface area contributed by atoms with Crippen molar-refractivity contribution >= 4 is 35.1 Å². The molecule has 0 aliphatic rings. The zero-order chi connectivity index (χ0) is 24.1. The number of esters is 1. The Morgan fingerprint density at radius 1 is 1.06 bits per heavy atom. The van der Waals surface area contributed by atoms with Gasteiger partial charge in [-0.25, -0.2) is 9.48 Å². The average Bonchev–Trinajstić information content (AvgIpc) is 3.18. The Labute approximate surface area is 203 Å². The lowest BCUT2D eigenvalue weighted by Gasteiger charge is -2.16. The van der Waals surface area contributed by atoms with Gasteiger partial charge in [0.05, 0.1) is 23.0 Å². The van der Waals surface area contributed by atoms with Gasteiger partial charge in [-0.3, -0.25) is 4.79 Å². The number of benzene rings is 2. The van der Waals surface area contributed by atoms with Crippen LogP contribution >= 0.6 is 23.2 Å². The van der Waals surface area contributed by atoms with E-state index in [-0.39, 0.29) is 24.2 Å². The number of hydrogen-bond donors (Lipinski definition) is 1. The molecule has 0 unspecified atom stereocenters. The minimum absolute atomic E-state index is 0.0778. The number of aromatic nitrogens is 2. The maximum Gasteiger partial charge on any atom is 0.358 e. The molecule has 0 spiro atoms. The highest BCUT2D eigenvalue weighted by Gasteiger charge is 2.20. The van der Waals surface area contributed by atoms with Crippen LogP contribution in [0.4, 0.5) is 0 Å². The highest BCUT2D eigenvalue weighted by Crippen LogP contribution is 2.32. The number of carbonyl (C=O) groups excluding carboxylic acids is 2. The molecule has 1 amide bonds. The van der Waals surface area contributed by atoms with Gasteiger partial charge in [0.1, 0.15) is 0 Å². The van der Waals surface area contributed by atoms with E-state index in [4.69, 9.17) is 27.9 Å². The first kappa shape index (κ1) is 24.8. The first-order valence-corrected chi connectivity index (χ1v) is 11.6. The highest BCUT2D eigenvalue weighted by atomic mass is 35.5. The van der Waals surface area contributed by atoms with Crippen LogP contribution in [-0.2, 0) is 4.74 Å². The van der Waals surface area contributed by atoms with Crippen molar-refractivity contribution in [1.29, 1.82) is 0 Å². The molecule has 6 nitrogen and oxygen atoms in total. The molecule has 3 rings (SSSR count). The van der Waals surface area contributed by atoms with Crippen LogP contribution in [0, 0.1) is 5.92 Å². The summed E-state index contributed by atoms with van der Waals surface area (Å²) in [6.07, 6.45) is 0.902. The first-order valence-electron chi connectivity index (χ1n) is 10.8. The van der Waals surface area contributed by atoms with Crippen LogP contribution in [-0.4, -0.2) is 34.3 Å². The quantitative estimate of drug-likeness (QED) is 0.384. The molecule has 174 valence electrons. The van der Waals surface area contributed by atoms with Gasteiger partial charge in [-0.15, -0.1) is 0 Å². The van der Waals surface area contributed by atoms with E-state index in [1.807, 2.05) is 6.92 Å². The van der Waals surface area contributed by atoms with E-state index in [9.17, 15) is 9.59 Å². The second-order valence-electron chi connectivity index (χ2n) is 8.22. The molecule has 33 heavy (non-hydrogen) atoms. The number of halogens is 2. The SMILES string of the molecule is CCOC(=O)c1cc(-c2ccc(Cl)cc2Cl)n(-c2ccc(C(=O)N[C@H](C)CC(C)C)cc2)n1. The Balaban J connectivity index is 1.96. The molecule has 0 bridgehead atoms. The third-order valence-electron chi connectivity index (χ3n) is 4.98. The molecule has 1 N–H and O–H groups in total. The van der Waals surface area contributed by atoms with E-state index in [0.717, 1.165) is 6.42 Å². The number of nitrogens with one attached hydrogen (secondary N) is 1. The van der Waals surface area contributed by atoms with Crippen LogP contribution < -0.4 is 5.32 Å². The third kappa shape index (κ3) is 6.15. The van der Waals surface area contributed by atoms with Crippen molar-refractivity contribution in [2.24, 2.45) is 5.92 Å². The van der Waals surface area contributed by atoms with Crippen LogP contribution in [0.1, 0.15) is 55.0 Å². The largest absolute Gasteiger partial charge is 0.461 e. The Morgan fingerprint density at radius 3 is 2.36 bits per heavy atom. The lowest BCUT2D eigenvalue weighted by molar-refractivity contribution is 0.0518. The molecule has 2 aromatic carbocycles. The third-order valence-corrected chi connectivity index (χ3v) is 5.53. The van der Waals surface area contributed by atoms with Crippen molar-refractivity contribution in [2.75, 3.05) is 6.61 Å². The number of ether oxygens (including phenoxy) is 1. The molecule has 1 aromatic heterocycles. The van der Waals surface area contributed by atoms with Gasteiger partial charge in [0.25, 0.3) is 5.91 Å². The van der Waals surface area contributed by atoms with Crippen molar-refractivity contribution in [3.8, 4) is 16.9 Å². The molecule has 1 heterocycles. The summed E-state index contributed by atoms with van der Waals surface area (Å²) >= 11 is 12.5. The van der Waals surface area contributed by atoms with Crippen LogP contribution in [0.25, 0.3) is 16.9 Å². The molecule has 0 fully saturated rings. The summed E-state index contributed by atoms with van der Waals surface area (Å²) < 4.78 is 6.71. The fourth-order valence-corrected chi connectivity index (χ4v) is 4.10. The summed E-state index contributed by atoms with van der Waals surface area (Å²) in [5.41, 5.74) is 2.62. The minimum Gasteiger partial charge on any atom is -0.461 e. The maximum atomic E-state index is 12.6. The van der Waals surface area contributed by atoms with E-state index in [2.05, 4.69) is 24.3 Å². The molecule has 1 atom stereocenters. The Bertz CT molecular complexity index is 1140. The Kier molecular flexibility index (Phi) is 8.16. The Morgan fingerprint density at radius 2 is 1.76 bits per heavy atom. The molecule has 0 saturated heterocycles. The first-order chi connectivity index (χ1) is 15.7. The van der Waals surface area contributed by atoms with E-state index >= 15 is 0 Å². The summed E-state index contributed by atoms with van der Waals surface area (Å²) in [5, 5.41) is 8.39. The monoisotopic (exact) mass is 487 g/mol. The smallest absolute Gasteiger partial charge is 0.358 e. The molecule has 0 saturated carbocycles. The lowest BCUT2D eigenvalue weighted by atomic mass is 10.0. The standard InChI is InChI=1S/C25H27Cl2N3O3/c1-5-33-25(32)22-14-23(20-11-8-18(26)13-21(20)27)30(29-22)19-9-6-17(7-10-19)24(31)28-16(4)12-15(2)3/h6-11,13-16H,5,12H2,1-4H3,(H,28,31)/t16-/m1/s1. The van der Waals surface area contributed by atoms with Crippen LogP contribution in [0.2, 0.25) is 10.0 Å². The molecule has 3 aromatic rings. The van der Waals surface area contributed by atoms with Gasteiger partial charge in [-0.05, 0) is 74.7 Å². The second kappa shape index (κ2) is 10.9. The fourth-order valence-electron chi connectivity index (χ4n) is 3.60. The van der Waals surface area contributed by atoms with E-state index in [0.29, 0.717) is 38.5 Å². The minimum atomic E-state index is -0.530. The summed E-state index contributed by atoms with van der Waals surface area (Å²) in [4.78, 5) is 24.9. The number of amides is 1. The van der Waals surface area contributed by atoms with Crippen LogP contribution in [0.5, 0.6) is 0 Å². The van der Waals surface area contributed by atoms with Gasteiger partial charge in [-0.1, -0.05) is 37.0 Å². The number of carbonyl (C=O) groups is 2. The van der Waals surface area contributed by atoms with Crippen LogP contribution in [0.15, 0.2) is 48.5 Å². The van der Waals surface area contributed by atoms with Gasteiger partial charge in [0, 0.05) is 22.2 Å². The number of rotatable bonds is 8. The van der Waals surface area contributed by atoms with Gasteiger partial charge in [0.15, 0.2) is 5.69 Å². The predicted octanol–water partition coefficient (Wildman–Crippen LogP) is 6.19. The van der Waals surface area contributed by atoms with Gasteiger partial charge in [0.2, 0.25) is 0 Å². The molecule has 0 aliphatic heterocycles. The molecule has 0 radical (unpaired) electrons. The summed E-state index contributed by atoms with van der Waals surface area (Å²) in [6.45, 7) is 8.21. The summed E-state index contributed by atoms with van der Waals surface area (Å²) in [6, 6.07) is 13.8. The zero-order valence-corrected chi connectivity index (χ0v) is 20.6. The van der Waals surface area contributed by atoms with E-state index in [1.165, 1.54) is 0 Å². The van der Waals surface area contributed by atoms with Gasteiger partial charge < -0.3 is 10.1 Å². The van der Waals surface area contributed by atoms with Crippen molar-refractivity contribution < 1.29 is 14.3 Å². The van der Waals surface area contributed by atoms with Gasteiger partial charge in [-0.2, -0.15) is 5.10 Å². The molecule has 0 aliphatic carbocycles. The molecule has 8 heteroatoms. The fraction of sp³-hybridized carbons (Fsp3) is 0.320. The number of nitrogens with zero attached hydrogens (tertiary/aromatic N) is 2. The zero-order valence-electron chi connectivity index (χ0n) is 19.1. The predicted molar refractivity (Wildman–Crippen MR) is 131 cm³/mol. The molecular weight excluding hydrogens is 461 g/mol. The van der Waals surface area contributed by atoms with Crippen LogP contribution in [0.3, 0.4) is 0 Å². The number of hydrogen-bond acceptors (Lipinski definition) is 4. The van der Waals surface area contributed by atoms with Crippen molar-refractivity contribution in [3.05, 3.63) is 69.8 Å². The van der Waals surface area contributed by atoms with Gasteiger partial charge >= 0.3 is 5.97 Å². The second-order valence-corrected chi connectivity index (χ2v) is 9.07. The summed E-state index contributed by atoms with van der Waals surface area (Å²) in [7, 11) is 0. The topological polar surface area (TPSA) is 73.2 Å². The molecular formula is C25H27Cl2N3O3. The average molecular weight is 488 g/mol. The van der Waals surface area contributed by atoms with Crippen molar-refractivity contribution in [3.63, 3.8) is 0 Å².